The Morgan fingerprint density at radius 2 is 1.82 bits per heavy atom. The van der Waals surface area contributed by atoms with Gasteiger partial charge in [0.2, 0.25) is 5.91 Å². The zero-order valence-electron chi connectivity index (χ0n) is 16.2. The van der Waals surface area contributed by atoms with Gasteiger partial charge in [-0.15, -0.1) is 0 Å². The van der Waals surface area contributed by atoms with E-state index in [2.05, 4.69) is 5.10 Å². The van der Waals surface area contributed by atoms with Gasteiger partial charge < -0.3 is 0 Å². The third-order valence-electron chi connectivity index (χ3n) is 4.36. The summed E-state index contributed by atoms with van der Waals surface area (Å²) in [4.78, 5) is 59.2. The first kappa shape index (κ1) is 23.1. The molecule has 11 nitrogen and oxygen atoms in total. The molecule has 1 saturated heterocycles. The number of barbiturate groups is 1. The first-order chi connectivity index (χ1) is 15.5. The Morgan fingerprint density at radius 3 is 2.42 bits per heavy atom. The molecule has 2 aromatic carbocycles. The Hall–Kier alpha value is -4.62. The number of nitrogens with zero attached hydrogens (tertiary/aromatic N) is 3. The summed E-state index contributed by atoms with van der Waals surface area (Å²) in [6.07, 6.45) is -4.03. The second-order valence-electron chi connectivity index (χ2n) is 6.52. The van der Waals surface area contributed by atoms with Gasteiger partial charge in [0.1, 0.15) is 0 Å². The molecule has 170 valence electrons. The number of non-ortho nitro benzene ring substituents is 1. The summed E-state index contributed by atoms with van der Waals surface area (Å²) in [6.45, 7) is 0. The van der Waals surface area contributed by atoms with Crippen LogP contribution in [0.25, 0.3) is 0 Å². The van der Waals surface area contributed by atoms with E-state index in [1.54, 1.807) is 0 Å². The van der Waals surface area contributed by atoms with Gasteiger partial charge in [0.25, 0.3) is 17.5 Å². The monoisotopic (exact) mass is 463 g/mol. The highest BCUT2D eigenvalue weighted by Gasteiger charge is 2.41. The number of nitro groups is 1. The average molecular weight is 463 g/mol. The minimum absolute atomic E-state index is 0.0158. The van der Waals surface area contributed by atoms with E-state index in [9.17, 15) is 42.5 Å². The van der Waals surface area contributed by atoms with Crippen LogP contribution in [0.5, 0.6) is 0 Å². The number of nitrogens with one attached hydrogen (secondary N) is 2. The number of alkyl halides is 3. The molecule has 1 heterocycles. The van der Waals surface area contributed by atoms with E-state index in [4.69, 9.17) is 0 Å². The number of hydrogen-bond acceptors (Lipinski definition) is 7. The number of carbonyl (C=O) groups is 4. The summed E-state index contributed by atoms with van der Waals surface area (Å²) in [5.74, 6) is -4.83. The Kier molecular flexibility index (Phi) is 6.19. The normalized spacial score (nSPS) is 16.6. The number of nitro benzene ring substituents is 1. The molecule has 5 amide bonds. The van der Waals surface area contributed by atoms with Gasteiger partial charge in [0.05, 0.1) is 16.2 Å². The van der Waals surface area contributed by atoms with Crippen molar-refractivity contribution in [2.24, 2.45) is 11.0 Å². The quantitative estimate of drug-likeness (QED) is 0.300. The molecule has 0 aliphatic carbocycles. The van der Waals surface area contributed by atoms with E-state index in [-0.39, 0.29) is 11.3 Å². The lowest BCUT2D eigenvalue weighted by Crippen LogP contribution is -2.58. The van der Waals surface area contributed by atoms with E-state index in [0.717, 1.165) is 42.5 Å². The van der Waals surface area contributed by atoms with E-state index in [0.29, 0.717) is 17.2 Å². The van der Waals surface area contributed by atoms with Crippen LogP contribution in [-0.4, -0.2) is 34.9 Å². The van der Waals surface area contributed by atoms with Crippen LogP contribution in [0.1, 0.15) is 15.9 Å². The van der Waals surface area contributed by atoms with Crippen LogP contribution in [0.2, 0.25) is 0 Å². The number of urea groups is 1. The molecule has 1 atom stereocenters. The van der Waals surface area contributed by atoms with Crippen LogP contribution < -0.4 is 15.6 Å². The van der Waals surface area contributed by atoms with E-state index in [1.807, 2.05) is 10.7 Å². The number of anilines is 1. The Balaban J connectivity index is 1.76. The first-order valence-corrected chi connectivity index (χ1v) is 8.93. The zero-order valence-corrected chi connectivity index (χ0v) is 16.2. The predicted molar refractivity (Wildman–Crippen MR) is 105 cm³/mol. The molecule has 14 heteroatoms. The number of imide groups is 2. The minimum Gasteiger partial charge on any atom is -0.276 e. The molecule has 2 aromatic rings. The summed E-state index contributed by atoms with van der Waals surface area (Å²) in [5, 5.41) is 16.0. The number of amides is 5. The number of halogens is 3. The smallest absolute Gasteiger partial charge is 0.276 e. The van der Waals surface area contributed by atoms with Gasteiger partial charge in [-0.25, -0.2) is 15.1 Å². The summed E-state index contributed by atoms with van der Waals surface area (Å²) in [7, 11) is 0. The van der Waals surface area contributed by atoms with Crippen LogP contribution in [0.15, 0.2) is 53.6 Å². The number of hydrazone groups is 1. The summed E-state index contributed by atoms with van der Waals surface area (Å²) in [5.41, 5.74) is 0.204. The van der Waals surface area contributed by atoms with E-state index in [1.165, 1.54) is 0 Å². The Bertz CT molecular complexity index is 1180. The molecule has 1 aliphatic heterocycles. The lowest BCUT2D eigenvalue weighted by Gasteiger charge is -2.28. The lowest BCUT2D eigenvalue weighted by atomic mass is 10.1. The molecule has 0 unspecified atom stereocenters. The highest BCUT2D eigenvalue weighted by atomic mass is 19.4. The van der Waals surface area contributed by atoms with Crippen LogP contribution >= 0.6 is 0 Å². The fraction of sp³-hybridized carbons (Fsp3) is 0.105. The van der Waals surface area contributed by atoms with Crippen molar-refractivity contribution in [3.63, 3.8) is 0 Å². The SMILES string of the molecule is O=C(N/N=C\[C@@H]1C(=O)NC(=O)N(c2cccc(C(F)(F)F)c2)C1=O)c1ccc([N+](=O)[O-])cc1. The molecule has 0 spiro atoms. The largest absolute Gasteiger partial charge is 0.416 e. The van der Waals surface area contributed by atoms with Crippen LogP contribution in [0.4, 0.5) is 29.3 Å². The molecule has 0 aromatic heterocycles. The highest BCUT2D eigenvalue weighted by Crippen LogP contribution is 2.32. The standard InChI is InChI=1S/C19H12F3N5O6/c20-19(21,22)11-2-1-3-13(8-11)26-17(30)14(16(29)24-18(26)31)9-23-25-15(28)10-4-6-12(7-5-10)27(32)33/h1-9,14H,(H,25,28)(H,24,29,31)/b23-9-/t14-/m1/s1. The molecular formula is C19H12F3N5O6. The molecule has 0 saturated carbocycles. The van der Waals surface area contributed by atoms with Gasteiger partial charge in [0, 0.05) is 23.9 Å². The van der Waals surface area contributed by atoms with Crippen molar-refractivity contribution in [1.82, 2.24) is 10.7 Å². The predicted octanol–water partition coefficient (Wildman–Crippen LogP) is 2.23. The van der Waals surface area contributed by atoms with Gasteiger partial charge in [-0.2, -0.15) is 18.3 Å². The van der Waals surface area contributed by atoms with Gasteiger partial charge >= 0.3 is 12.2 Å². The van der Waals surface area contributed by atoms with Crippen molar-refractivity contribution < 1.29 is 37.3 Å². The molecule has 3 rings (SSSR count). The van der Waals surface area contributed by atoms with Crippen molar-refractivity contribution in [3.8, 4) is 0 Å². The molecule has 0 bridgehead atoms. The van der Waals surface area contributed by atoms with Crippen molar-refractivity contribution >= 4 is 41.3 Å². The first-order valence-electron chi connectivity index (χ1n) is 8.93. The van der Waals surface area contributed by atoms with Crippen LogP contribution in [-0.2, 0) is 15.8 Å². The topological polar surface area (TPSA) is 151 Å². The van der Waals surface area contributed by atoms with Crippen LogP contribution in [0, 0.1) is 16.0 Å². The number of rotatable bonds is 5. The van der Waals surface area contributed by atoms with Crippen molar-refractivity contribution in [3.05, 3.63) is 69.8 Å². The highest BCUT2D eigenvalue weighted by molar-refractivity contribution is 6.32. The zero-order chi connectivity index (χ0) is 24.3. The molecular weight excluding hydrogens is 451 g/mol. The maximum Gasteiger partial charge on any atom is 0.416 e. The Morgan fingerprint density at radius 1 is 1.15 bits per heavy atom. The second-order valence-corrected chi connectivity index (χ2v) is 6.52. The van der Waals surface area contributed by atoms with Crippen LogP contribution in [0.3, 0.4) is 0 Å². The molecule has 2 N–H and O–H groups in total. The van der Waals surface area contributed by atoms with E-state index >= 15 is 0 Å². The van der Waals surface area contributed by atoms with Gasteiger partial charge in [0.15, 0.2) is 5.92 Å². The maximum absolute atomic E-state index is 13.0. The molecule has 1 aliphatic rings. The van der Waals surface area contributed by atoms with Crippen molar-refractivity contribution in [2.75, 3.05) is 4.90 Å². The third kappa shape index (κ3) is 5.00. The minimum atomic E-state index is -4.73. The van der Waals surface area contributed by atoms with E-state index < -0.39 is 52.0 Å². The Labute approximate surface area is 182 Å². The average Bonchev–Trinajstić information content (AvgIpc) is 2.75. The maximum atomic E-state index is 13.0. The summed E-state index contributed by atoms with van der Waals surface area (Å²) < 4.78 is 38.9. The number of carbonyl (C=O) groups excluding carboxylic acids is 4. The number of hydrogen-bond donors (Lipinski definition) is 2. The van der Waals surface area contributed by atoms with Gasteiger partial charge in [-0.3, -0.25) is 29.8 Å². The molecule has 0 radical (unpaired) electrons. The second kappa shape index (κ2) is 8.86. The fourth-order valence-electron chi connectivity index (χ4n) is 2.76. The van der Waals surface area contributed by atoms with Crippen molar-refractivity contribution in [2.45, 2.75) is 6.18 Å². The molecule has 1 fully saturated rings. The van der Waals surface area contributed by atoms with Crippen molar-refractivity contribution in [1.29, 1.82) is 0 Å². The van der Waals surface area contributed by atoms with Gasteiger partial charge in [-0.1, -0.05) is 6.07 Å². The fourth-order valence-corrected chi connectivity index (χ4v) is 2.76. The summed E-state index contributed by atoms with van der Waals surface area (Å²) in [6, 6.07) is 6.58. The third-order valence-corrected chi connectivity index (χ3v) is 4.36. The number of benzene rings is 2. The molecule has 33 heavy (non-hydrogen) atoms. The van der Waals surface area contributed by atoms with Gasteiger partial charge in [-0.05, 0) is 30.3 Å². The lowest BCUT2D eigenvalue weighted by molar-refractivity contribution is -0.384. The summed E-state index contributed by atoms with van der Waals surface area (Å²) >= 11 is 0.